The molecule has 2 rings (SSSR count). The molecule has 0 spiro atoms. The Bertz CT molecular complexity index is 635. The van der Waals surface area contributed by atoms with E-state index in [9.17, 15) is 13.2 Å². The lowest BCUT2D eigenvalue weighted by Crippen LogP contribution is -2.04. The zero-order valence-electron chi connectivity index (χ0n) is 10.7. The number of ether oxygens (including phenoxy) is 1. The van der Waals surface area contributed by atoms with Gasteiger partial charge >= 0.3 is 6.18 Å². The molecule has 0 amide bonds. The Kier molecular flexibility index (Phi) is 3.79. The van der Waals surface area contributed by atoms with Crippen LogP contribution in [0.4, 0.5) is 13.2 Å². The van der Waals surface area contributed by atoms with Crippen LogP contribution in [0.3, 0.4) is 0 Å². The van der Waals surface area contributed by atoms with E-state index < -0.39 is 11.7 Å². The van der Waals surface area contributed by atoms with Gasteiger partial charge in [-0.15, -0.1) is 0 Å². The first-order chi connectivity index (χ1) is 9.40. The molecule has 0 unspecified atom stereocenters. The number of benzene rings is 1. The molecule has 0 saturated heterocycles. The lowest BCUT2D eigenvalue weighted by atomic mass is 10.2. The Morgan fingerprint density at radius 2 is 2.00 bits per heavy atom. The molecule has 2 aromatic rings. The maximum atomic E-state index is 12.6. The van der Waals surface area contributed by atoms with E-state index in [0.29, 0.717) is 11.4 Å². The number of rotatable bonds is 3. The Hall–Kier alpha value is -2.30. The van der Waals surface area contributed by atoms with Gasteiger partial charge in [0, 0.05) is 17.8 Å². The maximum Gasteiger partial charge on any atom is 0.416 e. The summed E-state index contributed by atoms with van der Waals surface area (Å²) in [5, 5.41) is 0. The fourth-order valence-electron chi connectivity index (χ4n) is 1.60. The van der Waals surface area contributed by atoms with Gasteiger partial charge < -0.3 is 4.74 Å². The predicted octanol–water partition coefficient (Wildman–Crippen LogP) is 4.84. The molecule has 0 aliphatic rings. The van der Waals surface area contributed by atoms with Crippen LogP contribution >= 0.6 is 0 Å². The van der Waals surface area contributed by atoms with Gasteiger partial charge in [0.05, 0.1) is 11.3 Å². The van der Waals surface area contributed by atoms with Crippen LogP contribution in [-0.2, 0) is 6.18 Å². The number of nitrogens with zero attached hydrogens (tertiary/aromatic N) is 1. The minimum Gasteiger partial charge on any atom is -0.457 e. The fraction of sp³-hybridized carbons (Fsp3) is 0.133. The van der Waals surface area contributed by atoms with Crippen LogP contribution in [0.5, 0.6) is 11.5 Å². The smallest absolute Gasteiger partial charge is 0.416 e. The zero-order valence-corrected chi connectivity index (χ0v) is 10.7. The van der Waals surface area contributed by atoms with Crippen molar-refractivity contribution >= 4 is 6.08 Å². The average molecular weight is 279 g/mol. The Labute approximate surface area is 114 Å². The number of aryl methyl sites for hydroxylation is 1. The van der Waals surface area contributed by atoms with Crippen molar-refractivity contribution in [3.63, 3.8) is 0 Å². The topological polar surface area (TPSA) is 22.1 Å². The van der Waals surface area contributed by atoms with E-state index in [4.69, 9.17) is 4.74 Å². The highest BCUT2D eigenvalue weighted by atomic mass is 19.4. The number of hydrogen-bond acceptors (Lipinski definition) is 2. The summed E-state index contributed by atoms with van der Waals surface area (Å²) in [4.78, 5) is 4.08. The monoisotopic (exact) mass is 279 g/mol. The normalized spacial score (nSPS) is 11.2. The molecule has 1 heterocycles. The van der Waals surface area contributed by atoms with Gasteiger partial charge in [0.2, 0.25) is 0 Å². The summed E-state index contributed by atoms with van der Waals surface area (Å²) in [5.41, 5.74) is 0.580. The predicted molar refractivity (Wildman–Crippen MR) is 70.6 cm³/mol. The van der Waals surface area contributed by atoms with Gasteiger partial charge in [-0.05, 0) is 31.2 Å². The van der Waals surface area contributed by atoms with Crippen molar-refractivity contribution in [1.29, 1.82) is 0 Å². The second-order valence-electron chi connectivity index (χ2n) is 4.21. The molecule has 0 saturated carbocycles. The van der Waals surface area contributed by atoms with Crippen LogP contribution in [0, 0.1) is 6.92 Å². The highest BCUT2D eigenvalue weighted by Gasteiger charge is 2.30. The molecule has 2 nitrogen and oxygen atoms in total. The second kappa shape index (κ2) is 5.36. The van der Waals surface area contributed by atoms with Crippen LogP contribution in [0.1, 0.15) is 16.8 Å². The largest absolute Gasteiger partial charge is 0.457 e. The number of aromatic nitrogens is 1. The molecule has 0 aliphatic carbocycles. The van der Waals surface area contributed by atoms with E-state index >= 15 is 0 Å². The van der Waals surface area contributed by atoms with Crippen molar-refractivity contribution in [2.75, 3.05) is 0 Å². The Morgan fingerprint density at radius 3 is 2.65 bits per heavy atom. The van der Waals surface area contributed by atoms with Gasteiger partial charge in [-0.25, -0.2) is 0 Å². The molecular formula is C15H12F3NO. The lowest BCUT2D eigenvalue weighted by molar-refractivity contribution is -0.137. The minimum absolute atomic E-state index is 0.129. The van der Waals surface area contributed by atoms with Crippen molar-refractivity contribution in [3.8, 4) is 11.5 Å². The zero-order chi connectivity index (χ0) is 14.8. The number of pyridine rings is 1. The summed E-state index contributed by atoms with van der Waals surface area (Å²) in [5.74, 6) is 0.582. The number of halogens is 3. The average Bonchev–Trinajstić information content (AvgIpc) is 2.41. The van der Waals surface area contributed by atoms with Gasteiger partial charge in [-0.2, -0.15) is 13.2 Å². The molecule has 1 aromatic carbocycles. The van der Waals surface area contributed by atoms with E-state index in [-0.39, 0.29) is 5.75 Å². The molecule has 1 aromatic heterocycles. The first kappa shape index (κ1) is 14.1. The third-order valence-electron chi connectivity index (χ3n) is 2.67. The third kappa shape index (κ3) is 3.17. The third-order valence-corrected chi connectivity index (χ3v) is 2.67. The van der Waals surface area contributed by atoms with E-state index in [1.165, 1.54) is 12.1 Å². The minimum atomic E-state index is -4.39. The van der Waals surface area contributed by atoms with Crippen LogP contribution in [0.2, 0.25) is 0 Å². The van der Waals surface area contributed by atoms with Crippen molar-refractivity contribution in [1.82, 2.24) is 4.98 Å². The summed E-state index contributed by atoms with van der Waals surface area (Å²) in [6, 6.07) is 6.38. The van der Waals surface area contributed by atoms with E-state index in [1.54, 1.807) is 25.3 Å². The summed E-state index contributed by atoms with van der Waals surface area (Å²) in [6.45, 7) is 5.36. The highest BCUT2D eigenvalue weighted by Crippen LogP contribution is 2.33. The van der Waals surface area contributed by atoms with Crippen LogP contribution in [-0.4, -0.2) is 4.98 Å². The van der Waals surface area contributed by atoms with Crippen LogP contribution in [0.15, 0.2) is 43.1 Å². The Balaban J connectivity index is 2.33. The van der Waals surface area contributed by atoms with Gasteiger partial charge in [-0.1, -0.05) is 12.6 Å². The number of hydrogen-bond donors (Lipinski definition) is 0. The molecule has 20 heavy (non-hydrogen) atoms. The highest BCUT2D eigenvalue weighted by molar-refractivity contribution is 5.48. The fourth-order valence-corrected chi connectivity index (χ4v) is 1.60. The van der Waals surface area contributed by atoms with Gasteiger partial charge in [-0.3, -0.25) is 4.98 Å². The second-order valence-corrected chi connectivity index (χ2v) is 4.21. The first-order valence-corrected chi connectivity index (χ1v) is 5.84. The standard InChI is InChI=1S/C15H12F3NO/c1-3-12-8-14(10(2)9-19-12)20-13-6-4-5-11(7-13)15(16,17)18/h3-9H,1H2,2H3. The van der Waals surface area contributed by atoms with Gasteiger partial charge in [0.1, 0.15) is 11.5 Å². The molecule has 0 radical (unpaired) electrons. The van der Waals surface area contributed by atoms with Crippen molar-refractivity contribution in [3.05, 3.63) is 59.9 Å². The molecule has 0 aliphatic heterocycles. The number of alkyl halides is 3. The summed E-state index contributed by atoms with van der Waals surface area (Å²) < 4.78 is 43.4. The van der Waals surface area contributed by atoms with E-state index in [1.807, 2.05) is 0 Å². The molecular weight excluding hydrogens is 267 g/mol. The van der Waals surface area contributed by atoms with Crippen molar-refractivity contribution in [2.45, 2.75) is 13.1 Å². The van der Waals surface area contributed by atoms with Crippen LogP contribution < -0.4 is 4.74 Å². The first-order valence-electron chi connectivity index (χ1n) is 5.84. The molecule has 0 N–H and O–H groups in total. The SMILES string of the molecule is C=Cc1cc(Oc2cccc(C(F)(F)F)c2)c(C)cn1. The summed E-state index contributed by atoms with van der Waals surface area (Å²) in [6.07, 6.45) is -1.27. The quantitative estimate of drug-likeness (QED) is 0.801. The maximum absolute atomic E-state index is 12.6. The van der Waals surface area contributed by atoms with Crippen molar-refractivity contribution in [2.24, 2.45) is 0 Å². The molecule has 0 bridgehead atoms. The van der Waals surface area contributed by atoms with E-state index in [0.717, 1.165) is 17.7 Å². The van der Waals surface area contributed by atoms with Gasteiger partial charge in [0.15, 0.2) is 0 Å². The molecule has 5 heteroatoms. The summed E-state index contributed by atoms with van der Waals surface area (Å²) in [7, 11) is 0. The lowest BCUT2D eigenvalue weighted by Gasteiger charge is -2.11. The van der Waals surface area contributed by atoms with Gasteiger partial charge in [0.25, 0.3) is 0 Å². The Morgan fingerprint density at radius 1 is 1.25 bits per heavy atom. The molecule has 0 fully saturated rings. The molecule has 104 valence electrons. The molecule has 0 atom stereocenters. The van der Waals surface area contributed by atoms with Crippen molar-refractivity contribution < 1.29 is 17.9 Å². The summed E-state index contributed by atoms with van der Waals surface area (Å²) >= 11 is 0. The van der Waals surface area contributed by atoms with Crippen LogP contribution in [0.25, 0.3) is 6.08 Å². The van der Waals surface area contributed by atoms with E-state index in [2.05, 4.69) is 11.6 Å².